The Morgan fingerprint density at radius 2 is 2.05 bits per heavy atom. The number of likely N-dealkylation sites (N-methyl/N-ethyl adjacent to an activating group) is 1. The largest absolute Gasteiger partial charge is 0.348 e. The van der Waals surface area contributed by atoms with E-state index in [1.165, 1.54) is 0 Å². The van der Waals surface area contributed by atoms with Gasteiger partial charge in [0.1, 0.15) is 0 Å². The molecular formula is C17H24N4O. The van der Waals surface area contributed by atoms with Gasteiger partial charge in [0.2, 0.25) is 5.91 Å². The zero-order chi connectivity index (χ0) is 15.9. The Labute approximate surface area is 131 Å². The van der Waals surface area contributed by atoms with E-state index in [9.17, 15) is 4.79 Å². The minimum absolute atomic E-state index is 0.0117. The highest BCUT2D eigenvalue weighted by atomic mass is 16.1. The fourth-order valence-electron chi connectivity index (χ4n) is 2.41. The van der Waals surface area contributed by atoms with Gasteiger partial charge >= 0.3 is 0 Å². The minimum atomic E-state index is 0.0117. The fourth-order valence-corrected chi connectivity index (χ4v) is 2.41. The van der Waals surface area contributed by atoms with E-state index < -0.39 is 0 Å². The lowest BCUT2D eigenvalue weighted by Gasteiger charge is -2.23. The van der Waals surface area contributed by atoms with Crippen LogP contribution in [0.3, 0.4) is 0 Å². The molecule has 0 saturated carbocycles. The predicted molar refractivity (Wildman–Crippen MR) is 87.4 cm³/mol. The standard InChI is InChI=1S/C17H24N4O/c1-20(2)13-16(15-7-5-4-6-8-15)19-17(22)10-9-14-11-18-21(3)12-14/h4-8,11-12,16H,9-10,13H2,1-3H3,(H,19,22). The van der Waals surface area contributed by atoms with E-state index in [4.69, 9.17) is 0 Å². The van der Waals surface area contributed by atoms with Crippen molar-refractivity contribution in [3.8, 4) is 0 Å². The molecule has 1 unspecified atom stereocenters. The fraction of sp³-hybridized carbons (Fsp3) is 0.412. The number of rotatable bonds is 7. The molecule has 5 nitrogen and oxygen atoms in total. The van der Waals surface area contributed by atoms with Crippen LogP contribution in [0, 0.1) is 0 Å². The summed E-state index contributed by atoms with van der Waals surface area (Å²) in [6.07, 6.45) is 4.94. The van der Waals surface area contributed by atoms with Gasteiger partial charge in [0.15, 0.2) is 0 Å². The Morgan fingerprint density at radius 3 is 2.64 bits per heavy atom. The van der Waals surface area contributed by atoms with E-state index in [1.54, 1.807) is 4.68 Å². The van der Waals surface area contributed by atoms with Crippen molar-refractivity contribution in [1.82, 2.24) is 20.0 Å². The maximum Gasteiger partial charge on any atom is 0.220 e. The number of hydrogen-bond donors (Lipinski definition) is 1. The molecule has 1 heterocycles. The zero-order valence-electron chi connectivity index (χ0n) is 13.5. The first kappa shape index (κ1) is 16.2. The van der Waals surface area contributed by atoms with E-state index in [2.05, 4.69) is 27.4 Å². The van der Waals surface area contributed by atoms with E-state index in [0.717, 1.165) is 17.7 Å². The average molecular weight is 300 g/mol. The van der Waals surface area contributed by atoms with E-state index in [1.807, 2.05) is 51.7 Å². The third kappa shape index (κ3) is 5.00. The molecule has 1 N–H and O–H groups in total. The van der Waals surface area contributed by atoms with Gasteiger partial charge in [0, 0.05) is 26.2 Å². The van der Waals surface area contributed by atoms with Crippen molar-refractivity contribution in [3.63, 3.8) is 0 Å². The van der Waals surface area contributed by atoms with Crippen LogP contribution in [0.1, 0.15) is 23.6 Å². The molecule has 22 heavy (non-hydrogen) atoms. The zero-order valence-corrected chi connectivity index (χ0v) is 13.5. The van der Waals surface area contributed by atoms with Crippen LogP contribution in [-0.4, -0.2) is 41.2 Å². The first-order chi connectivity index (χ1) is 10.5. The van der Waals surface area contributed by atoms with Gasteiger partial charge in [-0.3, -0.25) is 9.48 Å². The van der Waals surface area contributed by atoms with Crippen molar-refractivity contribution in [2.45, 2.75) is 18.9 Å². The monoisotopic (exact) mass is 300 g/mol. The molecule has 1 aromatic heterocycles. The maximum absolute atomic E-state index is 12.2. The SMILES string of the molecule is CN(C)CC(NC(=O)CCc1cnn(C)c1)c1ccccc1. The second kappa shape index (κ2) is 7.75. The predicted octanol–water partition coefficient (Wildman–Crippen LogP) is 1.77. The van der Waals surface area contributed by atoms with Gasteiger partial charge in [-0.05, 0) is 31.6 Å². The molecule has 0 aliphatic rings. The lowest BCUT2D eigenvalue weighted by molar-refractivity contribution is -0.121. The van der Waals surface area contributed by atoms with Crippen molar-refractivity contribution >= 4 is 5.91 Å². The summed E-state index contributed by atoms with van der Waals surface area (Å²) in [5, 5.41) is 7.25. The third-order valence-corrected chi connectivity index (χ3v) is 3.48. The van der Waals surface area contributed by atoms with Gasteiger partial charge in [-0.25, -0.2) is 0 Å². The van der Waals surface area contributed by atoms with Crippen LogP contribution >= 0.6 is 0 Å². The van der Waals surface area contributed by atoms with E-state index in [0.29, 0.717) is 12.8 Å². The summed E-state index contributed by atoms with van der Waals surface area (Å²) in [6, 6.07) is 10.1. The lowest BCUT2D eigenvalue weighted by atomic mass is 10.1. The molecule has 5 heteroatoms. The first-order valence-corrected chi connectivity index (χ1v) is 7.51. The highest BCUT2D eigenvalue weighted by Crippen LogP contribution is 2.14. The topological polar surface area (TPSA) is 50.2 Å². The van der Waals surface area contributed by atoms with Crippen molar-refractivity contribution < 1.29 is 4.79 Å². The molecule has 118 valence electrons. The van der Waals surface area contributed by atoms with Crippen molar-refractivity contribution in [3.05, 3.63) is 53.9 Å². The smallest absolute Gasteiger partial charge is 0.220 e. The Morgan fingerprint density at radius 1 is 1.32 bits per heavy atom. The Kier molecular flexibility index (Phi) is 5.72. The number of carbonyl (C=O) groups is 1. The molecular weight excluding hydrogens is 276 g/mol. The van der Waals surface area contributed by atoms with Crippen LogP contribution in [-0.2, 0) is 18.3 Å². The van der Waals surface area contributed by atoms with Crippen molar-refractivity contribution in [2.75, 3.05) is 20.6 Å². The molecule has 0 saturated heterocycles. The Bertz CT molecular complexity index is 592. The summed E-state index contributed by atoms with van der Waals surface area (Å²) >= 11 is 0. The normalized spacial score (nSPS) is 12.4. The molecule has 2 aromatic rings. The number of aryl methyl sites for hydroxylation is 2. The number of aromatic nitrogens is 2. The summed E-state index contributed by atoms with van der Waals surface area (Å²) in [5.74, 6) is 0.0690. The van der Waals surface area contributed by atoms with E-state index >= 15 is 0 Å². The number of nitrogens with zero attached hydrogens (tertiary/aromatic N) is 3. The average Bonchev–Trinajstić information content (AvgIpc) is 2.91. The van der Waals surface area contributed by atoms with Gasteiger partial charge in [-0.1, -0.05) is 30.3 Å². The molecule has 1 aromatic carbocycles. The summed E-state index contributed by atoms with van der Waals surface area (Å²) < 4.78 is 1.76. The van der Waals surface area contributed by atoms with Gasteiger partial charge in [0.05, 0.1) is 12.2 Å². The number of nitrogens with one attached hydrogen (secondary N) is 1. The highest BCUT2D eigenvalue weighted by Gasteiger charge is 2.15. The van der Waals surface area contributed by atoms with Crippen molar-refractivity contribution in [2.24, 2.45) is 7.05 Å². The number of amides is 1. The van der Waals surface area contributed by atoms with Crippen LogP contribution in [0.25, 0.3) is 0 Å². The molecule has 0 fully saturated rings. The molecule has 0 radical (unpaired) electrons. The Balaban J connectivity index is 1.93. The molecule has 1 atom stereocenters. The van der Waals surface area contributed by atoms with Gasteiger partial charge in [-0.15, -0.1) is 0 Å². The molecule has 0 aliphatic carbocycles. The lowest BCUT2D eigenvalue weighted by Crippen LogP contribution is -2.35. The quantitative estimate of drug-likeness (QED) is 0.848. The minimum Gasteiger partial charge on any atom is -0.348 e. The number of benzene rings is 1. The Hall–Kier alpha value is -2.14. The maximum atomic E-state index is 12.2. The van der Waals surface area contributed by atoms with Crippen LogP contribution in [0.5, 0.6) is 0 Å². The second-order valence-corrected chi connectivity index (χ2v) is 5.82. The van der Waals surface area contributed by atoms with Crippen LogP contribution in [0.15, 0.2) is 42.7 Å². The van der Waals surface area contributed by atoms with Gasteiger partial charge < -0.3 is 10.2 Å². The number of hydrogen-bond acceptors (Lipinski definition) is 3. The van der Waals surface area contributed by atoms with Crippen LogP contribution in [0.4, 0.5) is 0 Å². The first-order valence-electron chi connectivity index (χ1n) is 7.51. The molecule has 0 spiro atoms. The van der Waals surface area contributed by atoms with Crippen LogP contribution in [0.2, 0.25) is 0 Å². The molecule has 2 rings (SSSR count). The second-order valence-electron chi connectivity index (χ2n) is 5.82. The highest BCUT2D eigenvalue weighted by molar-refractivity contribution is 5.76. The number of carbonyl (C=O) groups excluding carboxylic acids is 1. The van der Waals surface area contributed by atoms with Gasteiger partial charge in [0.25, 0.3) is 0 Å². The van der Waals surface area contributed by atoms with E-state index in [-0.39, 0.29) is 11.9 Å². The molecule has 0 aliphatic heterocycles. The third-order valence-electron chi connectivity index (χ3n) is 3.48. The van der Waals surface area contributed by atoms with Crippen LogP contribution < -0.4 is 5.32 Å². The summed E-state index contributed by atoms with van der Waals surface area (Å²) in [5.41, 5.74) is 2.22. The summed E-state index contributed by atoms with van der Waals surface area (Å²) in [7, 11) is 5.90. The summed E-state index contributed by atoms with van der Waals surface area (Å²) in [4.78, 5) is 14.3. The summed E-state index contributed by atoms with van der Waals surface area (Å²) in [6.45, 7) is 0.780. The molecule has 0 bridgehead atoms. The molecule has 1 amide bonds. The van der Waals surface area contributed by atoms with Crippen molar-refractivity contribution in [1.29, 1.82) is 0 Å². The van der Waals surface area contributed by atoms with Gasteiger partial charge in [-0.2, -0.15) is 5.10 Å².